The van der Waals surface area contributed by atoms with Crippen LogP contribution < -0.4 is 0 Å². The maximum Gasteiger partial charge on any atom is 0.203 e. The molecule has 0 N–H and O–H groups in total. The third-order valence-corrected chi connectivity index (χ3v) is 3.31. The van der Waals surface area contributed by atoms with Crippen LogP contribution in [0, 0.1) is 18.3 Å². The molecule has 18 heavy (non-hydrogen) atoms. The van der Waals surface area contributed by atoms with Crippen molar-refractivity contribution in [2.75, 3.05) is 0 Å². The summed E-state index contributed by atoms with van der Waals surface area (Å²) in [4.78, 5) is 12.2. The van der Waals surface area contributed by atoms with Gasteiger partial charge in [-0.1, -0.05) is 24.3 Å². The molecule has 2 rings (SSSR count). The van der Waals surface area contributed by atoms with Gasteiger partial charge < -0.3 is 0 Å². The highest BCUT2D eigenvalue weighted by Crippen LogP contribution is 2.16. The van der Waals surface area contributed by atoms with Crippen molar-refractivity contribution in [1.29, 1.82) is 5.26 Å². The van der Waals surface area contributed by atoms with Gasteiger partial charge in [0, 0.05) is 5.56 Å². The van der Waals surface area contributed by atoms with E-state index in [-0.39, 0.29) is 11.4 Å². The van der Waals surface area contributed by atoms with Gasteiger partial charge in [-0.3, -0.25) is 4.79 Å². The third kappa shape index (κ3) is 2.55. The Balaban J connectivity index is 2.39. The number of rotatable bonds is 3. The fourth-order valence-electron chi connectivity index (χ4n) is 1.65. The second-order valence-electron chi connectivity index (χ2n) is 3.87. The topological polar surface area (TPSA) is 40.9 Å². The van der Waals surface area contributed by atoms with Gasteiger partial charge in [0.2, 0.25) is 5.78 Å². The molecular weight excluding hydrogens is 242 g/mol. The molecule has 1 heterocycles. The first kappa shape index (κ1) is 12.3. The van der Waals surface area contributed by atoms with Crippen LogP contribution in [-0.2, 0) is 0 Å². The molecule has 0 aliphatic heterocycles. The number of nitriles is 1. The molecule has 3 heteroatoms. The van der Waals surface area contributed by atoms with Crippen molar-refractivity contribution >= 4 is 23.2 Å². The first-order valence-corrected chi connectivity index (χ1v) is 6.41. The number of aryl methyl sites for hydroxylation is 1. The lowest BCUT2D eigenvalue weighted by Gasteiger charge is -2.02. The highest BCUT2D eigenvalue weighted by Gasteiger charge is 2.13. The van der Waals surface area contributed by atoms with Gasteiger partial charge >= 0.3 is 0 Å². The predicted octanol–water partition coefficient (Wildman–Crippen LogP) is 3.85. The summed E-state index contributed by atoms with van der Waals surface area (Å²) in [5.41, 5.74) is 2.52. The van der Waals surface area contributed by atoms with Crippen LogP contribution in [0.1, 0.15) is 21.5 Å². The fourth-order valence-corrected chi connectivity index (χ4v) is 2.26. The number of nitrogens with zero attached hydrogens (tertiary/aromatic N) is 1. The van der Waals surface area contributed by atoms with E-state index >= 15 is 0 Å². The second kappa shape index (κ2) is 5.44. The van der Waals surface area contributed by atoms with Gasteiger partial charge in [0.05, 0.1) is 0 Å². The van der Waals surface area contributed by atoms with E-state index in [0.29, 0.717) is 5.56 Å². The predicted molar refractivity (Wildman–Crippen MR) is 73.4 cm³/mol. The molecule has 0 amide bonds. The summed E-state index contributed by atoms with van der Waals surface area (Å²) in [6.45, 7) is 1.87. The van der Waals surface area contributed by atoms with Crippen molar-refractivity contribution in [3.63, 3.8) is 0 Å². The SMILES string of the molecule is Cc1ccccc1C(=O)/C(C#N)=C/c1ccsc1. The van der Waals surface area contributed by atoms with Gasteiger partial charge in [0.1, 0.15) is 11.6 Å². The van der Waals surface area contributed by atoms with E-state index < -0.39 is 0 Å². The Labute approximate surface area is 110 Å². The number of hydrogen-bond donors (Lipinski definition) is 0. The molecule has 2 nitrogen and oxygen atoms in total. The lowest BCUT2D eigenvalue weighted by molar-refractivity contribution is 0.103. The van der Waals surface area contributed by atoms with E-state index in [1.54, 1.807) is 18.2 Å². The zero-order valence-corrected chi connectivity index (χ0v) is 10.7. The molecule has 0 spiro atoms. The average molecular weight is 253 g/mol. The maximum atomic E-state index is 12.2. The first-order valence-electron chi connectivity index (χ1n) is 5.46. The van der Waals surface area contributed by atoms with Crippen LogP contribution in [0.2, 0.25) is 0 Å². The van der Waals surface area contributed by atoms with Crippen LogP contribution in [0.3, 0.4) is 0 Å². The number of thiophene rings is 1. The summed E-state index contributed by atoms with van der Waals surface area (Å²) in [7, 11) is 0. The number of hydrogen-bond acceptors (Lipinski definition) is 3. The number of carbonyl (C=O) groups is 1. The van der Waals surface area contributed by atoms with Crippen LogP contribution >= 0.6 is 11.3 Å². The normalized spacial score (nSPS) is 11.0. The van der Waals surface area contributed by atoms with Crippen molar-refractivity contribution in [2.24, 2.45) is 0 Å². The third-order valence-electron chi connectivity index (χ3n) is 2.61. The lowest BCUT2D eigenvalue weighted by Crippen LogP contribution is -2.03. The zero-order valence-electron chi connectivity index (χ0n) is 9.88. The van der Waals surface area contributed by atoms with Crippen molar-refractivity contribution in [3.05, 3.63) is 63.4 Å². The molecule has 0 atom stereocenters. The smallest absolute Gasteiger partial charge is 0.203 e. The molecule has 0 aliphatic rings. The van der Waals surface area contributed by atoms with Crippen LogP contribution in [0.5, 0.6) is 0 Å². The Morgan fingerprint density at radius 2 is 2.11 bits per heavy atom. The molecule has 0 saturated heterocycles. The molecule has 1 aromatic heterocycles. The summed E-state index contributed by atoms with van der Waals surface area (Å²) in [6, 6.07) is 11.2. The molecule has 0 bridgehead atoms. The summed E-state index contributed by atoms with van der Waals surface area (Å²) in [5, 5.41) is 12.9. The monoisotopic (exact) mass is 253 g/mol. The van der Waals surface area contributed by atoms with E-state index in [1.807, 2.05) is 42.0 Å². The summed E-state index contributed by atoms with van der Waals surface area (Å²) in [6.07, 6.45) is 1.63. The quantitative estimate of drug-likeness (QED) is 0.473. The largest absolute Gasteiger partial charge is 0.288 e. The van der Waals surface area contributed by atoms with Crippen LogP contribution in [0.15, 0.2) is 46.7 Å². The van der Waals surface area contributed by atoms with E-state index in [1.165, 1.54) is 11.3 Å². The first-order chi connectivity index (χ1) is 8.72. The summed E-state index contributed by atoms with van der Waals surface area (Å²) < 4.78 is 0. The Kier molecular flexibility index (Phi) is 3.71. The number of Topliss-reactive ketones (excluding diaryl/α,β-unsaturated/α-hetero) is 1. The van der Waals surface area contributed by atoms with Gasteiger partial charge in [-0.2, -0.15) is 16.6 Å². The highest BCUT2D eigenvalue weighted by atomic mass is 32.1. The molecule has 1 aromatic carbocycles. The number of ketones is 1. The Morgan fingerprint density at radius 1 is 1.33 bits per heavy atom. The fraction of sp³-hybridized carbons (Fsp3) is 0.0667. The van der Waals surface area contributed by atoms with E-state index in [0.717, 1.165) is 11.1 Å². The maximum absolute atomic E-state index is 12.2. The minimum atomic E-state index is -0.221. The van der Waals surface area contributed by atoms with E-state index in [9.17, 15) is 4.79 Å². The molecule has 0 radical (unpaired) electrons. The van der Waals surface area contributed by atoms with Crippen molar-refractivity contribution in [2.45, 2.75) is 6.92 Å². The number of benzene rings is 1. The average Bonchev–Trinajstić information content (AvgIpc) is 2.88. The molecular formula is C15H11NOS. The standard InChI is InChI=1S/C15H11NOS/c1-11-4-2-3-5-14(11)15(17)13(9-16)8-12-6-7-18-10-12/h2-8,10H,1H3/b13-8+. The van der Waals surface area contributed by atoms with Crippen molar-refractivity contribution < 1.29 is 4.79 Å². The van der Waals surface area contributed by atoms with Crippen LogP contribution in [-0.4, -0.2) is 5.78 Å². The minimum Gasteiger partial charge on any atom is -0.288 e. The Morgan fingerprint density at radius 3 is 2.72 bits per heavy atom. The molecule has 0 unspecified atom stereocenters. The second-order valence-corrected chi connectivity index (χ2v) is 4.65. The van der Waals surface area contributed by atoms with E-state index in [2.05, 4.69) is 0 Å². The number of allylic oxidation sites excluding steroid dienone is 1. The zero-order chi connectivity index (χ0) is 13.0. The molecule has 2 aromatic rings. The highest BCUT2D eigenvalue weighted by molar-refractivity contribution is 7.08. The van der Waals surface area contributed by atoms with Crippen LogP contribution in [0.4, 0.5) is 0 Å². The lowest BCUT2D eigenvalue weighted by atomic mass is 9.99. The Bertz CT molecular complexity index is 633. The van der Waals surface area contributed by atoms with Gasteiger partial charge in [0.25, 0.3) is 0 Å². The Hall–Kier alpha value is -2.18. The van der Waals surface area contributed by atoms with Gasteiger partial charge in [-0.15, -0.1) is 0 Å². The number of carbonyl (C=O) groups excluding carboxylic acids is 1. The molecule has 88 valence electrons. The van der Waals surface area contributed by atoms with Crippen molar-refractivity contribution in [1.82, 2.24) is 0 Å². The molecule has 0 fully saturated rings. The van der Waals surface area contributed by atoms with Gasteiger partial charge in [-0.25, -0.2) is 0 Å². The molecule has 0 aliphatic carbocycles. The van der Waals surface area contributed by atoms with E-state index in [4.69, 9.17) is 5.26 Å². The summed E-state index contributed by atoms with van der Waals surface area (Å²) in [5.74, 6) is -0.221. The van der Waals surface area contributed by atoms with Crippen LogP contribution in [0.25, 0.3) is 6.08 Å². The minimum absolute atomic E-state index is 0.169. The van der Waals surface area contributed by atoms with Crippen molar-refractivity contribution in [3.8, 4) is 6.07 Å². The van der Waals surface area contributed by atoms with Gasteiger partial charge in [0.15, 0.2) is 0 Å². The summed E-state index contributed by atoms with van der Waals surface area (Å²) >= 11 is 1.54. The van der Waals surface area contributed by atoms with Gasteiger partial charge in [-0.05, 0) is 41.0 Å². The molecule has 0 saturated carbocycles.